The third-order valence-corrected chi connectivity index (χ3v) is 3.71. The van der Waals surface area contributed by atoms with Crippen molar-refractivity contribution in [1.82, 2.24) is 20.2 Å². The van der Waals surface area contributed by atoms with Gasteiger partial charge in [0, 0.05) is 11.3 Å². The molecule has 1 amide bonds. The number of hydrogen-bond donors (Lipinski definition) is 1. The predicted octanol–water partition coefficient (Wildman–Crippen LogP) is 2.46. The Kier molecular flexibility index (Phi) is 5.55. The Morgan fingerprint density at radius 1 is 1.15 bits per heavy atom. The second-order valence-electron chi connectivity index (χ2n) is 5.86. The van der Waals surface area contributed by atoms with Crippen molar-refractivity contribution in [1.29, 1.82) is 0 Å². The fourth-order valence-corrected chi connectivity index (χ4v) is 2.40. The zero-order valence-corrected chi connectivity index (χ0v) is 15.0. The molecule has 3 aromatic rings. The zero-order valence-electron chi connectivity index (χ0n) is 15.0. The number of amides is 1. The largest absolute Gasteiger partial charge is 0.462 e. The summed E-state index contributed by atoms with van der Waals surface area (Å²) in [5.41, 5.74) is 2.82. The summed E-state index contributed by atoms with van der Waals surface area (Å²) in [6, 6.07) is 14.3. The van der Waals surface area contributed by atoms with E-state index in [9.17, 15) is 9.59 Å². The van der Waals surface area contributed by atoms with Crippen molar-refractivity contribution in [2.75, 3.05) is 11.9 Å². The highest BCUT2D eigenvalue weighted by Crippen LogP contribution is 2.14. The summed E-state index contributed by atoms with van der Waals surface area (Å²) in [5.74, 6) is -0.315. The molecular weight excluding hydrogens is 346 g/mol. The number of esters is 1. The number of carbonyl (C=O) groups excluding carboxylic acids is 2. The van der Waals surface area contributed by atoms with Crippen LogP contribution in [0.5, 0.6) is 0 Å². The van der Waals surface area contributed by atoms with Crippen LogP contribution in [-0.2, 0) is 16.1 Å². The van der Waals surface area contributed by atoms with Crippen molar-refractivity contribution < 1.29 is 14.3 Å². The highest BCUT2D eigenvalue weighted by atomic mass is 16.5. The monoisotopic (exact) mass is 365 g/mol. The van der Waals surface area contributed by atoms with E-state index in [0.29, 0.717) is 17.1 Å². The van der Waals surface area contributed by atoms with Crippen LogP contribution in [0, 0.1) is 6.92 Å². The van der Waals surface area contributed by atoms with Crippen molar-refractivity contribution in [3.05, 3.63) is 59.7 Å². The topological polar surface area (TPSA) is 99.0 Å². The number of carbonyl (C=O) groups is 2. The lowest BCUT2D eigenvalue weighted by molar-refractivity contribution is -0.117. The summed E-state index contributed by atoms with van der Waals surface area (Å²) >= 11 is 0. The molecule has 0 fully saturated rings. The number of tetrazole rings is 1. The zero-order chi connectivity index (χ0) is 19.2. The fraction of sp³-hybridized carbons (Fsp3) is 0.211. The normalized spacial score (nSPS) is 10.4. The number of anilines is 1. The van der Waals surface area contributed by atoms with Gasteiger partial charge in [-0.2, -0.15) is 4.80 Å². The Bertz CT molecular complexity index is 950. The first-order valence-electron chi connectivity index (χ1n) is 8.47. The summed E-state index contributed by atoms with van der Waals surface area (Å²) in [5, 5.41) is 14.8. The highest BCUT2D eigenvalue weighted by Gasteiger charge is 2.11. The molecular formula is C19H19N5O3. The smallest absolute Gasteiger partial charge is 0.338 e. The lowest BCUT2D eigenvalue weighted by Crippen LogP contribution is -2.20. The lowest BCUT2D eigenvalue weighted by Gasteiger charge is -2.06. The Hall–Kier alpha value is -3.55. The van der Waals surface area contributed by atoms with Crippen LogP contribution in [0.15, 0.2) is 48.5 Å². The minimum Gasteiger partial charge on any atom is -0.462 e. The van der Waals surface area contributed by atoms with E-state index < -0.39 is 5.97 Å². The maximum absolute atomic E-state index is 12.2. The summed E-state index contributed by atoms with van der Waals surface area (Å²) in [6.45, 7) is 3.92. The Morgan fingerprint density at radius 3 is 2.67 bits per heavy atom. The molecule has 0 aliphatic rings. The first-order valence-corrected chi connectivity index (χ1v) is 8.47. The Labute approximate surface area is 156 Å². The van der Waals surface area contributed by atoms with E-state index in [1.54, 1.807) is 31.2 Å². The molecule has 3 rings (SSSR count). The van der Waals surface area contributed by atoms with Crippen LogP contribution in [0.4, 0.5) is 5.69 Å². The highest BCUT2D eigenvalue weighted by molar-refractivity contribution is 5.94. The van der Waals surface area contributed by atoms with Crippen molar-refractivity contribution in [2.45, 2.75) is 20.4 Å². The molecule has 0 bridgehead atoms. The van der Waals surface area contributed by atoms with Crippen LogP contribution in [0.2, 0.25) is 0 Å². The molecule has 1 heterocycles. The summed E-state index contributed by atoms with van der Waals surface area (Å²) in [7, 11) is 0. The van der Waals surface area contributed by atoms with E-state index >= 15 is 0 Å². The molecule has 1 N–H and O–H groups in total. The average molecular weight is 365 g/mol. The summed E-state index contributed by atoms with van der Waals surface area (Å²) in [6.07, 6.45) is 0. The van der Waals surface area contributed by atoms with Gasteiger partial charge in [-0.05, 0) is 37.3 Å². The van der Waals surface area contributed by atoms with Gasteiger partial charge in [0.25, 0.3) is 0 Å². The van der Waals surface area contributed by atoms with E-state index in [2.05, 4.69) is 20.7 Å². The van der Waals surface area contributed by atoms with Crippen molar-refractivity contribution in [3.8, 4) is 11.4 Å². The minimum absolute atomic E-state index is 0.0947. The number of hydrogen-bond acceptors (Lipinski definition) is 6. The van der Waals surface area contributed by atoms with Crippen LogP contribution in [0.25, 0.3) is 11.4 Å². The maximum Gasteiger partial charge on any atom is 0.338 e. The molecule has 1 aromatic heterocycles. The number of rotatable bonds is 6. The van der Waals surface area contributed by atoms with Gasteiger partial charge < -0.3 is 10.1 Å². The molecule has 138 valence electrons. The second-order valence-corrected chi connectivity index (χ2v) is 5.86. The molecule has 0 atom stereocenters. The molecule has 0 aliphatic heterocycles. The summed E-state index contributed by atoms with van der Waals surface area (Å²) < 4.78 is 4.95. The summed E-state index contributed by atoms with van der Waals surface area (Å²) in [4.78, 5) is 25.2. The molecule has 27 heavy (non-hydrogen) atoms. The van der Waals surface area contributed by atoms with E-state index in [0.717, 1.165) is 11.1 Å². The fourth-order valence-electron chi connectivity index (χ4n) is 2.40. The Balaban J connectivity index is 1.64. The van der Waals surface area contributed by atoms with Crippen LogP contribution in [0.3, 0.4) is 0 Å². The Morgan fingerprint density at radius 2 is 1.93 bits per heavy atom. The van der Waals surface area contributed by atoms with Gasteiger partial charge in [0.2, 0.25) is 11.7 Å². The van der Waals surface area contributed by atoms with E-state index in [1.807, 2.05) is 31.2 Å². The molecule has 0 saturated heterocycles. The van der Waals surface area contributed by atoms with Crippen molar-refractivity contribution >= 4 is 17.6 Å². The first-order chi connectivity index (χ1) is 13.0. The van der Waals surface area contributed by atoms with Crippen molar-refractivity contribution in [2.24, 2.45) is 0 Å². The maximum atomic E-state index is 12.2. The van der Waals surface area contributed by atoms with Crippen LogP contribution in [0.1, 0.15) is 22.8 Å². The number of nitrogens with zero attached hydrogens (tertiary/aromatic N) is 4. The number of benzene rings is 2. The molecule has 0 saturated carbocycles. The molecule has 0 spiro atoms. The molecule has 8 nitrogen and oxygen atoms in total. The first kappa shape index (κ1) is 18.2. The third kappa shape index (κ3) is 4.75. The van der Waals surface area contributed by atoms with Crippen LogP contribution >= 0.6 is 0 Å². The van der Waals surface area contributed by atoms with E-state index in [4.69, 9.17) is 4.74 Å². The van der Waals surface area contributed by atoms with Gasteiger partial charge >= 0.3 is 5.97 Å². The average Bonchev–Trinajstić information content (AvgIpc) is 3.11. The quantitative estimate of drug-likeness (QED) is 0.674. The third-order valence-electron chi connectivity index (χ3n) is 3.71. The minimum atomic E-state index is -0.436. The molecule has 0 unspecified atom stereocenters. The van der Waals surface area contributed by atoms with E-state index in [-0.39, 0.29) is 19.1 Å². The molecule has 0 aliphatic carbocycles. The molecule has 2 aromatic carbocycles. The van der Waals surface area contributed by atoms with Gasteiger partial charge in [-0.1, -0.05) is 35.9 Å². The number of aryl methyl sites for hydroxylation is 1. The predicted molar refractivity (Wildman–Crippen MR) is 99.0 cm³/mol. The standard InChI is InChI=1S/C19H19N5O3/c1-3-27-19(26)15-5-4-6-16(11-15)20-17(25)12-24-22-18(21-23-24)14-9-7-13(2)8-10-14/h4-11H,3,12H2,1-2H3,(H,20,25). The number of aromatic nitrogens is 4. The van der Waals surface area contributed by atoms with Gasteiger partial charge in [0.05, 0.1) is 12.2 Å². The number of nitrogens with one attached hydrogen (secondary N) is 1. The van der Waals surface area contributed by atoms with E-state index in [1.165, 1.54) is 4.80 Å². The lowest BCUT2D eigenvalue weighted by atomic mass is 10.1. The van der Waals surface area contributed by atoms with Gasteiger partial charge in [0.1, 0.15) is 6.54 Å². The molecule has 0 radical (unpaired) electrons. The van der Waals surface area contributed by atoms with Crippen molar-refractivity contribution in [3.63, 3.8) is 0 Å². The van der Waals surface area contributed by atoms with Gasteiger partial charge in [-0.3, -0.25) is 4.79 Å². The van der Waals surface area contributed by atoms with Gasteiger partial charge in [-0.15, -0.1) is 10.2 Å². The number of ether oxygens (including phenoxy) is 1. The van der Waals surface area contributed by atoms with Gasteiger partial charge in [-0.25, -0.2) is 4.79 Å². The van der Waals surface area contributed by atoms with Crippen LogP contribution in [-0.4, -0.2) is 38.7 Å². The van der Waals surface area contributed by atoms with Crippen LogP contribution < -0.4 is 5.32 Å². The SMILES string of the molecule is CCOC(=O)c1cccc(NC(=O)Cn2nnc(-c3ccc(C)cc3)n2)c1. The second kappa shape index (κ2) is 8.22. The van der Waals surface area contributed by atoms with Gasteiger partial charge in [0.15, 0.2) is 0 Å². The molecule has 8 heteroatoms.